The standard InChI is InChI=1S/C18H23N5O.ClH/c1-14-16(20-21-23(14)15-5-3-2-4-6-15)17(24)22-11-8-18(9-12-22)7-10-19-13-18;/h2-6,19H,7-13H2,1H3;1H. The van der Waals surface area contributed by atoms with Crippen LogP contribution in [0.25, 0.3) is 5.69 Å². The minimum absolute atomic E-state index is 0. The van der Waals surface area contributed by atoms with Gasteiger partial charge in [0.2, 0.25) is 0 Å². The summed E-state index contributed by atoms with van der Waals surface area (Å²) in [6, 6.07) is 9.81. The Kier molecular flexibility index (Phi) is 5.11. The highest BCUT2D eigenvalue weighted by Crippen LogP contribution is 2.37. The van der Waals surface area contributed by atoms with Gasteiger partial charge in [0, 0.05) is 19.6 Å². The summed E-state index contributed by atoms with van der Waals surface area (Å²) in [5.74, 6) is 0.00971. The Labute approximate surface area is 154 Å². The molecule has 7 heteroatoms. The number of likely N-dealkylation sites (tertiary alicyclic amines) is 1. The predicted octanol–water partition coefficient (Wildman–Crippen LogP) is 2.21. The summed E-state index contributed by atoms with van der Waals surface area (Å²) in [5, 5.41) is 11.8. The topological polar surface area (TPSA) is 63.1 Å². The second-order valence-corrected chi connectivity index (χ2v) is 6.99. The number of piperidine rings is 1. The van der Waals surface area contributed by atoms with Crippen LogP contribution in [0.15, 0.2) is 30.3 Å². The molecule has 1 spiro atoms. The maximum Gasteiger partial charge on any atom is 0.276 e. The second kappa shape index (κ2) is 7.14. The molecule has 0 saturated carbocycles. The first kappa shape index (κ1) is 17.9. The third kappa shape index (κ3) is 3.28. The molecule has 6 nitrogen and oxygen atoms in total. The van der Waals surface area contributed by atoms with Gasteiger partial charge in [-0.1, -0.05) is 23.4 Å². The number of benzene rings is 1. The van der Waals surface area contributed by atoms with E-state index >= 15 is 0 Å². The number of nitrogens with one attached hydrogen (secondary N) is 1. The number of aromatic nitrogens is 3. The summed E-state index contributed by atoms with van der Waals surface area (Å²) in [6.45, 7) is 5.75. The average Bonchev–Trinajstić information content (AvgIpc) is 3.23. The zero-order chi connectivity index (χ0) is 16.6. The van der Waals surface area contributed by atoms with E-state index in [-0.39, 0.29) is 18.3 Å². The molecule has 1 amide bonds. The molecule has 1 aromatic carbocycles. The molecule has 2 aromatic rings. The van der Waals surface area contributed by atoms with E-state index in [1.165, 1.54) is 6.42 Å². The Balaban J connectivity index is 0.00000182. The van der Waals surface area contributed by atoms with Crippen molar-refractivity contribution in [3.05, 3.63) is 41.7 Å². The third-order valence-electron chi connectivity index (χ3n) is 5.54. The molecular formula is C18H24ClN5O. The van der Waals surface area contributed by atoms with Crippen LogP contribution in [0, 0.1) is 12.3 Å². The first-order valence-corrected chi connectivity index (χ1v) is 8.66. The van der Waals surface area contributed by atoms with Crippen LogP contribution in [0.3, 0.4) is 0 Å². The molecule has 1 N–H and O–H groups in total. The van der Waals surface area contributed by atoms with E-state index < -0.39 is 0 Å². The predicted molar refractivity (Wildman–Crippen MR) is 98.4 cm³/mol. The van der Waals surface area contributed by atoms with E-state index in [1.807, 2.05) is 42.2 Å². The fourth-order valence-electron chi connectivity index (χ4n) is 3.90. The van der Waals surface area contributed by atoms with Gasteiger partial charge in [0.1, 0.15) is 0 Å². The Morgan fingerprint density at radius 2 is 1.88 bits per heavy atom. The van der Waals surface area contributed by atoms with Crippen molar-refractivity contribution in [2.75, 3.05) is 26.2 Å². The van der Waals surface area contributed by atoms with Crippen molar-refractivity contribution in [1.29, 1.82) is 0 Å². The number of hydrogen-bond acceptors (Lipinski definition) is 4. The van der Waals surface area contributed by atoms with Crippen molar-refractivity contribution in [2.45, 2.75) is 26.2 Å². The van der Waals surface area contributed by atoms with Crippen LogP contribution in [-0.2, 0) is 0 Å². The zero-order valence-electron chi connectivity index (χ0n) is 14.4. The lowest BCUT2D eigenvalue weighted by atomic mass is 9.78. The van der Waals surface area contributed by atoms with Crippen molar-refractivity contribution in [1.82, 2.24) is 25.2 Å². The number of carbonyl (C=O) groups is 1. The maximum absolute atomic E-state index is 12.9. The van der Waals surface area contributed by atoms with Crippen molar-refractivity contribution >= 4 is 18.3 Å². The lowest BCUT2D eigenvalue weighted by Crippen LogP contribution is -2.44. The molecule has 0 unspecified atom stereocenters. The summed E-state index contributed by atoms with van der Waals surface area (Å²) in [4.78, 5) is 14.8. The number of halogens is 1. The Morgan fingerprint density at radius 3 is 2.52 bits per heavy atom. The molecule has 4 rings (SSSR count). The largest absolute Gasteiger partial charge is 0.337 e. The zero-order valence-corrected chi connectivity index (χ0v) is 15.3. The van der Waals surface area contributed by atoms with Crippen molar-refractivity contribution in [3.8, 4) is 5.69 Å². The third-order valence-corrected chi connectivity index (χ3v) is 5.54. The SMILES string of the molecule is Cc1c(C(=O)N2CCC3(CCNC3)CC2)nnn1-c1ccccc1.Cl. The number of amides is 1. The summed E-state index contributed by atoms with van der Waals surface area (Å²) >= 11 is 0. The molecule has 0 radical (unpaired) electrons. The Hall–Kier alpha value is -1.92. The molecule has 2 aliphatic heterocycles. The van der Waals surface area contributed by atoms with Gasteiger partial charge in [-0.25, -0.2) is 4.68 Å². The normalized spacial score (nSPS) is 19.0. The fraction of sp³-hybridized carbons (Fsp3) is 0.500. The van der Waals surface area contributed by atoms with E-state index in [4.69, 9.17) is 0 Å². The van der Waals surface area contributed by atoms with Gasteiger partial charge in [-0.15, -0.1) is 17.5 Å². The molecule has 0 bridgehead atoms. The number of nitrogens with zero attached hydrogens (tertiary/aromatic N) is 4. The van der Waals surface area contributed by atoms with E-state index in [0.29, 0.717) is 11.1 Å². The number of carbonyl (C=O) groups excluding carboxylic acids is 1. The lowest BCUT2D eigenvalue weighted by Gasteiger charge is -2.38. The van der Waals surface area contributed by atoms with Crippen LogP contribution in [0.5, 0.6) is 0 Å². The molecular weight excluding hydrogens is 338 g/mol. The van der Waals surface area contributed by atoms with Gasteiger partial charge in [-0.2, -0.15) is 0 Å². The quantitative estimate of drug-likeness (QED) is 0.890. The lowest BCUT2D eigenvalue weighted by molar-refractivity contribution is 0.0601. The van der Waals surface area contributed by atoms with E-state index in [9.17, 15) is 4.79 Å². The highest BCUT2D eigenvalue weighted by Gasteiger charge is 2.38. The number of para-hydroxylation sites is 1. The molecule has 1 aromatic heterocycles. The first-order valence-electron chi connectivity index (χ1n) is 8.66. The Morgan fingerprint density at radius 1 is 1.16 bits per heavy atom. The molecule has 2 fully saturated rings. The molecule has 0 atom stereocenters. The monoisotopic (exact) mass is 361 g/mol. The smallest absolute Gasteiger partial charge is 0.276 e. The summed E-state index contributed by atoms with van der Waals surface area (Å²) < 4.78 is 1.74. The maximum atomic E-state index is 12.9. The van der Waals surface area contributed by atoms with Gasteiger partial charge in [-0.3, -0.25) is 4.79 Å². The van der Waals surface area contributed by atoms with Crippen molar-refractivity contribution in [3.63, 3.8) is 0 Å². The van der Waals surface area contributed by atoms with Crippen LogP contribution in [0.1, 0.15) is 35.4 Å². The highest BCUT2D eigenvalue weighted by atomic mass is 35.5. The number of hydrogen-bond donors (Lipinski definition) is 1. The minimum atomic E-state index is 0. The van der Waals surface area contributed by atoms with Gasteiger partial charge < -0.3 is 10.2 Å². The van der Waals surface area contributed by atoms with E-state index in [1.54, 1.807) is 4.68 Å². The second-order valence-electron chi connectivity index (χ2n) is 6.99. The van der Waals surface area contributed by atoms with Gasteiger partial charge in [0.15, 0.2) is 5.69 Å². The molecule has 2 saturated heterocycles. The van der Waals surface area contributed by atoms with E-state index in [0.717, 1.165) is 50.4 Å². The van der Waals surface area contributed by atoms with Gasteiger partial charge in [-0.05, 0) is 50.3 Å². The summed E-state index contributed by atoms with van der Waals surface area (Å²) in [6.07, 6.45) is 3.40. The van der Waals surface area contributed by atoms with Crippen LogP contribution < -0.4 is 5.32 Å². The van der Waals surface area contributed by atoms with Crippen LogP contribution in [0.4, 0.5) is 0 Å². The molecule has 3 heterocycles. The van der Waals surface area contributed by atoms with Gasteiger partial charge in [0.05, 0.1) is 11.4 Å². The fourth-order valence-corrected chi connectivity index (χ4v) is 3.90. The van der Waals surface area contributed by atoms with Gasteiger partial charge >= 0.3 is 0 Å². The summed E-state index contributed by atoms with van der Waals surface area (Å²) in [5.41, 5.74) is 2.61. The van der Waals surface area contributed by atoms with Crippen LogP contribution in [-0.4, -0.2) is 52.0 Å². The first-order chi connectivity index (χ1) is 11.7. The van der Waals surface area contributed by atoms with Crippen LogP contribution in [0.2, 0.25) is 0 Å². The molecule has 2 aliphatic rings. The molecule has 0 aliphatic carbocycles. The van der Waals surface area contributed by atoms with E-state index in [2.05, 4.69) is 15.6 Å². The van der Waals surface area contributed by atoms with Gasteiger partial charge in [0.25, 0.3) is 5.91 Å². The molecule has 134 valence electrons. The van der Waals surface area contributed by atoms with Crippen molar-refractivity contribution in [2.24, 2.45) is 5.41 Å². The molecule has 25 heavy (non-hydrogen) atoms. The average molecular weight is 362 g/mol. The minimum Gasteiger partial charge on any atom is -0.337 e. The number of rotatable bonds is 2. The summed E-state index contributed by atoms with van der Waals surface area (Å²) in [7, 11) is 0. The Bertz CT molecular complexity index is 729. The van der Waals surface area contributed by atoms with Crippen molar-refractivity contribution < 1.29 is 4.79 Å². The highest BCUT2D eigenvalue weighted by molar-refractivity contribution is 5.93. The van der Waals surface area contributed by atoms with Crippen LogP contribution >= 0.6 is 12.4 Å².